The number of amides is 1. The van der Waals surface area contributed by atoms with Gasteiger partial charge in [0, 0.05) is 16.8 Å². The Bertz CT molecular complexity index is 716. The topological polar surface area (TPSA) is 50.4 Å². The molecule has 0 spiro atoms. The minimum absolute atomic E-state index is 0.120. The van der Waals surface area contributed by atoms with Crippen LogP contribution in [0.4, 0.5) is 11.4 Å². The minimum atomic E-state index is -0.426. The SMILES string of the molecule is COc1cc(Cl)c(C)cc1NC(C)C(=O)Nc1cccc(C)c1. The lowest BCUT2D eigenvalue weighted by molar-refractivity contribution is -0.116. The van der Waals surface area contributed by atoms with E-state index in [2.05, 4.69) is 10.6 Å². The molecule has 23 heavy (non-hydrogen) atoms. The molecule has 0 aliphatic rings. The molecule has 0 heterocycles. The number of rotatable bonds is 5. The first-order valence-corrected chi connectivity index (χ1v) is 7.76. The summed E-state index contributed by atoms with van der Waals surface area (Å²) in [5, 5.41) is 6.70. The normalized spacial score (nSPS) is 11.7. The van der Waals surface area contributed by atoms with Crippen molar-refractivity contribution in [1.82, 2.24) is 0 Å². The van der Waals surface area contributed by atoms with Crippen molar-refractivity contribution < 1.29 is 9.53 Å². The Morgan fingerprint density at radius 3 is 2.61 bits per heavy atom. The van der Waals surface area contributed by atoms with Crippen LogP contribution in [0.25, 0.3) is 0 Å². The second-order valence-electron chi connectivity index (χ2n) is 5.53. The fraction of sp³-hybridized carbons (Fsp3) is 0.278. The van der Waals surface area contributed by atoms with Crippen LogP contribution in [0, 0.1) is 13.8 Å². The zero-order valence-corrected chi connectivity index (χ0v) is 14.5. The lowest BCUT2D eigenvalue weighted by Gasteiger charge is -2.18. The molecule has 0 aliphatic carbocycles. The maximum atomic E-state index is 12.3. The van der Waals surface area contributed by atoms with Crippen molar-refractivity contribution >= 4 is 28.9 Å². The van der Waals surface area contributed by atoms with Crippen LogP contribution in [0.2, 0.25) is 5.02 Å². The molecule has 5 heteroatoms. The largest absolute Gasteiger partial charge is 0.495 e. The number of methoxy groups -OCH3 is 1. The van der Waals surface area contributed by atoms with Crippen LogP contribution in [0.15, 0.2) is 36.4 Å². The molecule has 4 nitrogen and oxygen atoms in total. The van der Waals surface area contributed by atoms with Gasteiger partial charge in [0.05, 0.1) is 12.8 Å². The first kappa shape index (κ1) is 17.2. The van der Waals surface area contributed by atoms with Gasteiger partial charge in [0.1, 0.15) is 11.8 Å². The third-order valence-corrected chi connectivity index (χ3v) is 3.94. The highest BCUT2D eigenvalue weighted by molar-refractivity contribution is 6.31. The lowest BCUT2D eigenvalue weighted by Crippen LogP contribution is -2.32. The molecule has 2 aromatic rings. The molecule has 0 saturated heterocycles. The van der Waals surface area contributed by atoms with E-state index < -0.39 is 6.04 Å². The highest BCUT2D eigenvalue weighted by atomic mass is 35.5. The van der Waals surface area contributed by atoms with Crippen molar-refractivity contribution in [2.24, 2.45) is 0 Å². The number of hydrogen-bond acceptors (Lipinski definition) is 3. The fourth-order valence-corrected chi connectivity index (χ4v) is 2.37. The van der Waals surface area contributed by atoms with Gasteiger partial charge in [-0.15, -0.1) is 0 Å². The molecule has 2 aromatic carbocycles. The monoisotopic (exact) mass is 332 g/mol. The molecule has 1 unspecified atom stereocenters. The van der Waals surface area contributed by atoms with Crippen molar-refractivity contribution in [3.8, 4) is 5.75 Å². The summed E-state index contributed by atoms with van der Waals surface area (Å²) in [5.74, 6) is 0.487. The maximum absolute atomic E-state index is 12.3. The summed E-state index contributed by atoms with van der Waals surface area (Å²) in [6.07, 6.45) is 0. The fourth-order valence-electron chi connectivity index (χ4n) is 2.22. The van der Waals surface area contributed by atoms with E-state index in [-0.39, 0.29) is 5.91 Å². The number of aryl methyl sites for hydroxylation is 2. The quantitative estimate of drug-likeness (QED) is 0.853. The van der Waals surface area contributed by atoms with Gasteiger partial charge in [0.2, 0.25) is 5.91 Å². The molecule has 1 amide bonds. The number of nitrogens with one attached hydrogen (secondary N) is 2. The predicted octanol–water partition coefficient (Wildman–Crippen LogP) is 4.40. The van der Waals surface area contributed by atoms with Crippen molar-refractivity contribution in [1.29, 1.82) is 0 Å². The van der Waals surface area contributed by atoms with E-state index in [9.17, 15) is 4.79 Å². The van der Waals surface area contributed by atoms with Gasteiger partial charge in [-0.2, -0.15) is 0 Å². The zero-order chi connectivity index (χ0) is 17.0. The number of hydrogen-bond donors (Lipinski definition) is 2. The Morgan fingerprint density at radius 2 is 1.96 bits per heavy atom. The summed E-state index contributed by atoms with van der Waals surface area (Å²) in [5.41, 5.74) is 3.53. The summed E-state index contributed by atoms with van der Waals surface area (Å²) in [6, 6.07) is 10.9. The van der Waals surface area contributed by atoms with Gasteiger partial charge in [0.25, 0.3) is 0 Å². The van der Waals surface area contributed by atoms with Crippen LogP contribution in [-0.2, 0) is 4.79 Å². The second kappa shape index (κ2) is 7.38. The number of anilines is 2. The smallest absolute Gasteiger partial charge is 0.246 e. The first-order valence-electron chi connectivity index (χ1n) is 7.39. The molecule has 0 aliphatic heterocycles. The number of halogens is 1. The Kier molecular flexibility index (Phi) is 5.50. The van der Waals surface area contributed by atoms with Crippen molar-refractivity contribution in [3.63, 3.8) is 0 Å². The molecule has 122 valence electrons. The van der Waals surface area contributed by atoms with Crippen molar-refractivity contribution in [3.05, 3.63) is 52.5 Å². The van der Waals surface area contributed by atoms with Gasteiger partial charge < -0.3 is 15.4 Å². The molecule has 0 radical (unpaired) electrons. The molecule has 0 bridgehead atoms. The third kappa shape index (κ3) is 4.39. The molecule has 2 rings (SSSR count). The van der Waals surface area contributed by atoms with Gasteiger partial charge in [-0.1, -0.05) is 23.7 Å². The van der Waals surface area contributed by atoms with E-state index in [0.29, 0.717) is 10.8 Å². The van der Waals surface area contributed by atoms with Crippen LogP contribution in [-0.4, -0.2) is 19.1 Å². The standard InChI is InChI=1S/C18H21ClN2O2/c1-11-6-5-7-14(8-11)21-18(22)13(3)20-16-9-12(2)15(19)10-17(16)23-4/h5-10,13,20H,1-4H3,(H,21,22). The Labute approximate surface area is 141 Å². The van der Waals surface area contributed by atoms with E-state index in [1.54, 1.807) is 20.1 Å². The Hall–Kier alpha value is -2.20. The van der Waals surface area contributed by atoms with Gasteiger partial charge in [-0.05, 0) is 50.1 Å². The molecular weight excluding hydrogens is 312 g/mol. The summed E-state index contributed by atoms with van der Waals surface area (Å²) < 4.78 is 5.32. The molecular formula is C18H21ClN2O2. The number of carbonyl (C=O) groups excluding carboxylic acids is 1. The van der Waals surface area contributed by atoms with Crippen LogP contribution < -0.4 is 15.4 Å². The van der Waals surface area contributed by atoms with Crippen LogP contribution in [0.1, 0.15) is 18.1 Å². The zero-order valence-electron chi connectivity index (χ0n) is 13.7. The van der Waals surface area contributed by atoms with E-state index in [0.717, 1.165) is 22.5 Å². The van der Waals surface area contributed by atoms with Crippen LogP contribution >= 0.6 is 11.6 Å². The molecule has 0 aromatic heterocycles. The van der Waals surface area contributed by atoms with Gasteiger partial charge in [-0.3, -0.25) is 4.79 Å². The summed E-state index contributed by atoms with van der Waals surface area (Å²) >= 11 is 6.10. The van der Waals surface area contributed by atoms with Crippen molar-refractivity contribution in [2.45, 2.75) is 26.8 Å². The second-order valence-corrected chi connectivity index (χ2v) is 5.93. The highest BCUT2D eigenvalue weighted by Crippen LogP contribution is 2.31. The number of ether oxygens (including phenoxy) is 1. The van der Waals surface area contributed by atoms with E-state index >= 15 is 0 Å². The van der Waals surface area contributed by atoms with Gasteiger partial charge in [-0.25, -0.2) is 0 Å². The van der Waals surface area contributed by atoms with Gasteiger partial charge >= 0.3 is 0 Å². The Balaban J connectivity index is 2.11. The van der Waals surface area contributed by atoms with E-state index in [1.165, 1.54) is 0 Å². The van der Waals surface area contributed by atoms with Crippen LogP contribution in [0.5, 0.6) is 5.75 Å². The average Bonchev–Trinajstić information content (AvgIpc) is 2.50. The number of benzene rings is 2. The lowest BCUT2D eigenvalue weighted by atomic mass is 10.1. The molecule has 1 atom stereocenters. The average molecular weight is 333 g/mol. The molecule has 0 saturated carbocycles. The van der Waals surface area contributed by atoms with Gasteiger partial charge in [0.15, 0.2) is 0 Å². The van der Waals surface area contributed by atoms with E-state index in [4.69, 9.17) is 16.3 Å². The summed E-state index contributed by atoms with van der Waals surface area (Å²) in [6.45, 7) is 5.69. The first-order chi connectivity index (χ1) is 10.9. The Morgan fingerprint density at radius 1 is 1.22 bits per heavy atom. The van der Waals surface area contributed by atoms with E-state index in [1.807, 2.05) is 44.2 Å². The highest BCUT2D eigenvalue weighted by Gasteiger charge is 2.16. The minimum Gasteiger partial charge on any atom is -0.495 e. The molecule has 2 N–H and O–H groups in total. The maximum Gasteiger partial charge on any atom is 0.246 e. The summed E-state index contributed by atoms with van der Waals surface area (Å²) in [7, 11) is 1.57. The van der Waals surface area contributed by atoms with Crippen molar-refractivity contribution in [2.75, 3.05) is 17.7 Å². The van der Waals surface area contributed by atoms with Crippen LogP contribution in [0.3, 0.4) is 0 Å². The molecule has 0 fully saturated rings. The third-order valence-electron chi connectivity index (χ3n) is 3.53. The number of carbonyl (C=O) groups is 1. The predicted molar refractivity (Wildman–Crippen MR) is 95.6 cm³/mol. The summed E-state index contributed by atoms with van der Waals surface area (Å²) in [4.78, 5) is 12.3.